The van der Waals surface area contributed by atoms with E-state index in [9.17, 15) is 0 Å². The monoisotopic (exact) mass is 213 g/mol. The number of nitrogens with zero attached hydrogens (tertiary/aromatic N) is 2. The third-order valence-corrected chi connectivity index (χ3v) is 2.28. The summed E-state index contributed by atoms with van der Waals surface area (Å²) in [6.45, 7) is 3.37. The summed E-state index contributed by atoms with van der Waals surface area (Å²) in [6, 6.07) is 2.08. The summed E-state index contributed by atoms with van der Waals surface area (Å²) in [5.41, 5.74) is 0. The molecule has 0 aliphatic carbocycles. The molecule has 0 spiro atoms. The molecule has 1 aliphatic heterocycles. The predicted molar refractivity (Wildman–Crippen MR) is 54.6 cm³/mol. The summed E-state index contributed by atoms with van der Waals surface area (Å²) < 4.78 is 5.25. The van der Waals surface area contributed by atoms with E-state index >= 15 is 0 Å². The summed E-state index contributed by atoms with van der Waals surface area (Å²) in [7, 11) is 0. The fourth-order valence-electron chi connectivity index (χ4n) is 1.46. The number of halogens is 1. The van der Waals surface area contributed by atoms with Crippen molar-refractivity contribution < 1.29 is 4.74 Å². The lowest BCUT2D eigenvalue weighted by Gasteiger charge is -2.11. The SMILES string of the molecule is Cc1nc(Cl)cc(NC2CCOC2)n1. The lowest BCUT2D eigenvalue weighted by Crippen LogP contribution is -2.19. The highest BCUT2D eigenvalue weighted by molar-refractivity contribution is 6.29. The van der Waals surface area contributed by atoms with Gasteiger partial charge in [0.05, 0.1) is 12.6 Å². The van der Waals surface area contributed by atoms with Crippen LogP contribution in [0.3, 0.4) is 0 Å². The molecule has 1 N–H and O–H groups in total. The maximum Gasteiger partial charge on any atom is 0.134 e. The highest BCUT2D eigenvalue weighted by atomic mass is 35.5. The first-order chi connectivity index (χ1) is 6.74. The van der Waals surface area contributed by atoms with Crippen LogP contribution in [0, 0.1) is 6.92 Å². The molecule has 1 saturated heterocycles. The minimum atomic E-state index is 0.348. The smallest absolute Gasteiger partial charge is 0.134 e. The number of anilines is 1. The zero-order valence-electron chi connectivity index (χ0n) is 7.96. The molecule has 0 radical (unpaired) electrons. The molecule has 1 atom stereocenters. The molecule has 1 aromatic heterocycles. The average Bonchev–Trinajstić information content (AvgIpc) is 2.54. The van der Waals surface area contributed by atoms with Gasteiger partial charge in [0.1, 0.15) is 16.8 Å². The Hall–Kier alpha value is -0.870. The van der Waals surface area contributed by atoms with Gasteiger partial charge in [0.15, 0.2) is 0 Å². The number of rotatable bonds is 2. The first-order valence-electron chi connectivity index (χ1n) is 4.59. The quantitative estimate of drug-likeness (QED) is 0.759. The van der Waals surface area contributed by atoms with Crippen molar-refractivity contribution in [1.29, 1.82) is 0 Å². The Morgan fingerprint density at radius 2 is 2.43 bits per heavy atom. The summed E-state index contributed by atoms with van der Waals surface area (Å²) in [6.07, 6.45) is 1.01. The maximum atomic E-state index is 5.81. The molecule has 0 saturated carbocycles. The number of ether oxygens (including phenoxy) is 1. The number of aromatic nitrogens is 2. The van der Waals surface area contributed by atoms with Crippen LogP contribution < -0.4 is 5.32 Å². The second-order valence-electron chi connectivity index (χ2n) is 3.33. The maximum absolute atomic E-state index is 5.81. The van der Waals surface area contributed by atoms with Gasteiger partial charge in [0.25, 0.3) is 0 Å². The first-order valence-corrected chi connectivity index (χ1v) is 4.97. The third-order valence-electron chi connectivity index (χ3n) is 2.09. The molecule has 76 valence electrons. The molecule has 1 aliphatic rings. The Morgan fingerprint density at radius 1 is 1.57 bits per heavy atom. The van der Waals surface area contributed by atoms with E-state index in [0.717, 1.165) is 25.5 Å². The van der Waals surface area contributed by atoms with Crippen LogP contribution in [0.1, 0.15) is 12.2 Å². The largest absolute Gasteiger partial charge is 0.379 e. The highest BCUT2D eigenvalue weighted by Gasteiger charge is 2.15. The van der Waals surface area contributed by atoms with Gasteiger partial charge in [-0.1, -0.05) is 11.6 Å². The van der Waals surface area contributed by atoms with Crippen LogP contribution in [-0.2, 0) is 4.74 Å². The molecule has 0 aromatic carbocycles. The van der Waals surface area contributed by atoms with E-state index in [4.69, 9.17) is 16.3 Å². The van der Waals surface area contributed by atoms with E-state index in [1.54, 1.807) is 6.07 Å². The third kappa shape index (κ3) is 2.33. The second kappa shape index (κ2) is 4.11. The zero-order chi connectivity index (χ0) is 9.97. The number of nitrogens with one attached hydrogen (secondary N) is 1. The van der Waals surface area contributed by atoms with Gasteiger partial charge in [0.2, 0.25) is 0 Å². The van der Waals surface area contributed by atoms with Crippen LogP contribution in [-0.4, -0.2) is 29.2 Å². The summed E-state index contributed by atoms with van der Waals surface area (Å²) in [5.74, 6) is 1.46. The van der Waals surface area contributed by atoms with E-state index in [-0.39, 0.29) is 0 Å². The zero-order valence-corrected chi connectivity index (χ0v) is 8.71. The molecule has 4 nitrogen and oxygen atoms in total. The van der Waals surface area contributed by atoms with Crippen molar-refractivity contribution in [1.82, 2.24) is 9.97 Å². The van der Waals surface area contributed by atoms with Gasteiger partial charge in [0, 0.05) is 12.7 Å². The van der Waals surface area contributed by atoms with Crippen molar-refractivity contribution in [3.63, 3.8) is 0 Å². The molecule has 14 heavy (non-hydrogen) atoms. The molecular formula is C9H12ClN3O. The Kier molecular flexibility index (Phi) is 2.84. The van der Waals surface area contributed by atoms with Crippen LogP contribution in [0.15, 0.2) is 6.07 Å². The van der Waals surface area contributed by atoms with Crippen molar-refractivity contribution in [3.05, 3.63) is 17.0 Å². The van der Waals surface area contributed by atoms with Gasteiger partial charge < -0.3 is 10.1 Å². The molecule has 1 fully saturated rings. The fraction of sp³-hybridized carbons (Fsp3) is 0.556. The molecular weight excluding hydrogens is 202 g/mol. The topological polar surface area (TPSA) is 47.0 Å². The first kappa shape index (κ1) is 9.68. The molecule has 1 aromatic rings. The normalized spacial score (nSPS) is 21.1. The van der Waals surface area contributed by atoms with Crippen LogP contribution in [0.25, 0.3) is 0 Å². The van der Waals surface area contributed by atoms with Crippen molar-refractivity contribution in [2.45, 2.75) is 19.4 Å². The standard InChI is InChI=1S/C9H12ClN3O/c1-6-11-8(10)4-9(12-6)13-7-2-3-14-5-7/h4,7H,2-3,5H2,1H3,(H,11,12,13). The average molecular weight is 214 g/mol. The van der Waals surface area contributed by atoms with E-state index in [2.05, 4.69) is 15.3 Å². The van der Waals surface area contributed by atoms with Gasteiger partial charge in [-0.15, -0.1) is 0 Å². The summed E-state index contributed by atoms with van der Waals surface area (Å²) in [4.78, 5) is 8.23. The minimum absolute atomic E-state index is 0.348. The highest BCUT2D eigenvalue weighted by Crippen LogP contribution is 2.15. The lowest BCUT2D eigenvalue weighted by atomic mass is 10.2. The van der Waals surface area contributed by atoms with Gasteiger partial charge in [-0.3, -0.25) is 0 Å². The van der Waals surface area contributed by atoms with Gasteiger partial charge >= 0.3 is 0 Å². The van der Waals surface area contributed by atoms with E-state index in [0.29, 0.717) is 17.0 Å². The fourth-order valence-corrected chi connectivity index (χ4v) is 1.69. The van der Waals surface area contributed by atoms with Crippen molar-refractivity contribution >= 4 is 17.4 Å². The van der Waals surface area contributed by atoms with E-state index in [1.165, 1.54) is 0 Å². The van der Waals surface area contributed by atoms with Gasteiger partial charge in [-0.2, -0.15) is 0 Å². The Balaban J connectivity index is 2.07. The molecule has 5 heteroatoms. The second-order valence-corrected chi connectivity index (χ2v) is 3.72. The molecule has 2 heterocycles. The Morgan fingerprint density at radius 3 is 3.07 bits per heavy atom. The van der Waals surface area contributed by atoms with Crippen LogP contribution in [0.4, 0.5) is 5.82 Å². The van der Waals surface area contributed by atoms with Crippen molar-refractivity contribution in [2.75, 3.05) is 18.5 Å². The Bertz CT molecular complexity index is 306. The van der Waals surface area contributed by atoms with Crippen molar-refractivity contribution in [2.24, 2.45) is 0 Å². The van der Waals surface area contributed by atoms with Crippen molar-refractivity contribution in [3.8, 4) is 0 Å². The molecule has 1 unspecified atom stereocenters. The van der Waals surface area contributed by atoms with E-state index < -0.39 is 0 Å². The summed E-state index contributed by atoms with van der Waals surface area (Å²) >= 11 is 5.81. The molecule has 0 bridgehead atoms. The Labute approximate surface area is 87.7 Å². The lowest BCUT2D eigenvalue weighted by molar-refractivity contribution is 0.195. The minimum Gasteiger partial charge on any atom is -0.379 e. The number of aryl methyl sites for hydroxylation is 1. The van der Waals surface area contributed by atoms with Gasteiger partial charge in [-0.05, 0) is 13.3 Å². The molecule has 2 rings (SSSR count). The van der Waals surface area contributed by atoms with Gasteiger partial charge in [-0.25, -0.2) is 9.97 Å². The number of hydrogen-bond donors (Lipinski definition) is 1. The van der Waals surface area contributed by atoms with Crippen LogP contribution in [0.5, 0.6) is 0 Å². The van der Waals surface area contributed by atoms with Crippen LogP contribution >= 0.6 is 11.6 Å². The van der Waals surface area contributed by atoms with Crippen LogP contribution in [0.2, 0.25) is 5.15 Å². The molecule has 0 amide bonds. The van der Waals surface area contributed by atoms with E-state index in [1.807, 2.05) is 6.92 Å². The summed E-state index contributed by atoms with van der Waals surface area (Å²) in [5, 5.41) is 3.73. The number of hydrogen-bond acceptors (Lipinski definition) is 4. The predicted octanol–water partition coefficient (Wildman–Crippen LogP) is 1.64.